The second-order valence-electron chi connectivity index (χ2n) is 7.88. The van der Waals surface area contributed by atoms with Gasteiger partial charge in [-0.3, -0.25) is 14.5 Å². The monoisotopic (exact) mass is 437 g/mol. The average molecular weight is 438 g/mol. The molecule has 1 N–H and O–H groups in total. The van der Waals surface area contributed by atoms with Crippen molar-refractivity contribution < 1.29 is 9.53 Å². The molecule has 3 heterocycles. The van der Waals surface area contributed by atoms with E-state index in [1.54, 1.807) is 6.07 Å². The molecular weight excluding hydrogens is 414 g/mol. The van der Waals surface area contributed by atoms with Crippen LogP contribution in [0.25, 0.3) is 21.8 Å². The lowest BCUT2D eigenvalue weighted by Gasteiger charge is -2.10. The topological polar surface area (TPSA) is 81.9 Å². The number of pyridine rings is 2. The van der Waals surface area contributed by atoms with Crippen molar-refractivity contribution in [1.82, 2.24) is 19.7 Å². The number of nitrogens with zero attached hydrogens (tertiary/aromatic N) is 4. The molecule has 0 spiro atoms. The van der Waals surface area contributed by atoms with Gasteiger partial charge in [0.05, 0.1) is 53.0 Å². The molecule has 33 heavy (non-hydrogen) atoms. The first-order valence-corrected chi connectivity index (χ1v) is 10.7. The van der Waals surface area contributed by atoms with E-state index >= 15 is 0 Å². The summed E-state index contributed by atoms with van der Waals surface area (Å²) >= 11 is 0. The fraction of sp³-hybridized carbons (Fsp3) is 0.154. The molecule has 0 aliphatic carbocycles. The molecule has 0 saturated carbocycles. The molecule has 164 valence electrons. The Bertz CT molecular complexity index is 1510. The minimum Gasteiger partial charge on any atom is -0.481 e. The molecule has 0 aliphatic heterocycles. The van der Waals surface area contributed by atoms with E-state index in [1.807, 2.05) is 73.1 Å². The standard InChI is InChI=1S/C26H23N5O2/c1-16-25(29-26(32)21-14-24(33-3)28-23-11-7-5-9-20(21)23)17(2)31(30-16)15-19-13-12-18-8-4-6-10-22(18)27-19/h4-14H,15H2,1-3H3,(H,29,32). The summed E-state index contributed by atoms with van der Waals surface area (Å²) in [7, 11) is 1.54. The Morgan fingerprint density at radius 1 is 0.970 bits per heavy atom. The second-order valence-corrected chi connectivity index (χ2v) is 7.88. The molecule has 0 radical (unpaired) electrons. The Morgan fingerprint density at radius 2 is 1.73 bits per heavy atom. The molecule has 2 aromatic carbocycles. The van der Waals surface area contributed by atoms with Gasteiger partial charge in [0.1, 0.15) is 0 Å². The van der Waals surface area contributed by atoms with Crippen LogP contribution in [0.1, 0.15) is 27.4 Å². The third-order valence-corrected chi connectivity index (χ3v) is 5.73. The lowest BCUT2D eigenvalue weighted by Crippen LogP contribution is -2.14. The Hall–Kier alpha value is -4.26. The highest BCUT2D eigenvalue weighted by atomic mass is 16.5. The van der Waals surface area contributed by atoms with Crippen LogP contribution in [0.5, 0.6) is 5.88 Å². The Morgan fingerprint density at radius 3 is 2.55 bits per heavy atom. The molecule has 0 atom stereocenters. The quantitative estimate of drug-likeness (QED) is 0.423. The Labute approximate surface area is 191 Å². The number of para-hydroxylation sites is 2. The van der Waals surface area contributed by atoms with E-state index in [2.05, 4.69) is 21.5 Å². The maximum absolute atomic E-state index is 13.3. The van der Waals surface area contributed by atoms with E-state index in [-0.39, 0.29) is 5.91 Å². The number of fused-ring (bicyclic) bond motifs is 2. The predicted molar refractivity (Wildman–Crippen MR) is 129 cm³/mol. The molecule has 0 unspecified atom stereocenters. The normalized spacial score (nSPS) is 11.1. The van der Waals surface area contributed by atoms with Crippen molar-refractivity contribution in [1.29, 1.82) is 0 Å². The lowest BCUT2D eigenvalue weighted by molar-refractivity contribution is 0.102. The molecule has 7 nitrogen and oxygen atoms in total. The van der Waals surface area contributed by atoms with Crippen LogP contribution < -0.4 is 10.1 Å². The summed E-state index contributed by atoms with van der Waals surface area (Å²) in [5, 5.41) is 9.56. The number of methoxy groups -OCH3 is 1. The average Bonchev–Trinajstić information content (AvgIpc) is 3.10. The third-order valence-electron chi connectivity index (χ3n) is 5.73. The summed E-state index contributed by atoms with van der Waals surface area (Å²) in [4.78, 5) is 22.4. The van der Waals surface area contributed by atoms with Crippen LogP contribution >= 0.6 is 0 Å². The van der Waals surface area contributed by atoms with E-state index in [1.165, 1.54) is 7.11 Å². The number of rotatable bonds is 5. The molecule has 0 bridgehead atoms. The molecule has 3 aromatic heterocycles. The van der Waals surface area contributed by atoms with Gasteiger partial charge in [0.25, 0.3) is 5.91 Å². The summed E-state index contributed by atoms with van der Waals surface area (Å²) in [5.74, 6) is 0.159. The first-order chi connectivity index (χ1) is 16.0. The minimum atomic E-state index is -0.235. The number of aromatic nitrogens is 4. The van der Waals surface area contributed by atoms with Crippen molar-refractivity contribution in [3.8, 4) is 5.88 Å². The summed E-state index contributed by atoms with van der Waals surface area (Å²) in [6, 6.07) is 21.3. The molecule has 5 rings (SSSR count). The fourth-order valence-corrected chi connectivity index (χ4v) is 4.01. The number of carbonyl (C=O) groups is 1. The number of hydrogen-bond donors (Lipinski definition) is 1. The summed E-state index contributed by atoms with van der Waals surface area (Å²) in [6.07, 6.45) is 0. The van der Waals surface area contributed by atoms with Gasteiger partial charge in [-0.1, -0.05) is 42.5 Å². The molecular formula is C26H23N5O2. The van der Waals surface area contributed by atoms with E-state index in [9.17, 15) is 4.79 Å². The molecule has 5 aromatic rings. The highest BCUT2D eigenvalue weighted by Gasteiger charge is 2.18. The number of amides is 1. The number of anilines is 1. The van der Waals surface area contributed by atoms with Crippen LogP contribution in [0, 0.1) is 13.8 Å². The van der Waals surface area contributed by atoms with Gasteiger partial charge < -0.3 is 10.1 Å². The number of aryl methyl sites for hydroxylation is 1. The molecule has 0 fully saturated rings. The molecule has 1 amide bonds. The Balaban J connectivity index is 1.45. The van der Waals surface area contributed by atoms with Crippen LogP contribution in [0.3, 0.4) is 0 Å². The van der Waals surface area contributed by atoms with Crippen molar-refractivity contribution in [2.75, 3.05) is 12.4 Å². The van der Waals surface area contributed by atoms with E-state index in [4.69, 9.17) is 9.72 Å². The zero-order valence-electron chi connectivity index (χ0n) is 18.7. The minimum absolute atomic E-state index is 0.235. The molecule has 0 aliphatic rings. The smallest absolute Gasteiger partial charge is 0.256 e. The van der Waals surface area contributed by atoms with Crippen molar-refractivity contribution in [2.45, 2.75) is 20.4 Å². The number of ether oxygens (including phenoxy) is 1. The third kappa shape index (κ3) is 3.89. The van der Waals surface area contributed by atoms with Crippen LogP contribution in [-0.4, -0.2) is 32.8 Å². The van der Waals surface area contributed by atoms with E-state index < -0.39 is 0 Å². The summed E-state index contributed by atoms with van der Waals surface area (Å²) in [6.45, 7) is 4.35. The van der Waals surface area contributed by atoms with E-state index in [0.29, 0.717) is 29.2 Å². The van der Waals surface area contributed by atoms with Gasteiger partial charge >= 0.3 is 0 Å². The van der Waals surface area contributed by atoms with Crippen LogP contribution in [0.4, 0.5) is 5.69 Å². The predicted octanol–water partition coefficient (Wildman–Crippen LogP) is 4.91. The van der Waals surface area contributed by atoms with Gasteiger partial charge in [-0.05, 0) is 32.0 Å². The highest BCUT2D eigenvalue weighted by Crippen LogP contribution is 2.26. The SMILES string of the molecule is COc1cc(C(=O)Nc2c(C)nn(Cc3ccc4ccccc4n3)c2C)c2ccccc2n1. The Kier molecular flexibility index (Phi) is 5.22. The van der Waals surface area contributed by atoms with Gasteiger partial charge in [0.2, 0.25) is 5.88 Å². The van der Waals surface area contributed by atoms with E-state index in [0.717, 1.165) is 33.4 Å². The van der Waals surface area contributed by atoms with Gasteiger partial charge in [0, 0.05) is 16.8 Å². The fourth-order valence-electron chi connectivity index (χ4n) is 4.01. The number of nitrogens with one attached hydrogen (secondary N) is 1. The van der Waals surface area contributed by atoms with Crippen LogP contribution in [-0.2, 0) is 6.54 Å². The lowest BCUT2D eigenvalue weighted by atomic mass is 10.1. The summed E-state index contributed by atoms with van der Waals surface area (Å²) in [5.41, 5.74) is 5.35. The van der Waals surface area contributed by atoms with Gasteiger partial charge in [0.15, 0.2) is 0 Å². The molecule has 0 saturated heterocycles. The van der Waals surface area contributed by atoms with Gasteiger partial charge in [-0.2, -0.15) is 5.10 Å². The zero-order valence-corrected chi connectivity index (χ0v) is 18.7. The van der Waals surface area contributed by atoms with Crippen LogP contribution in [0.2, 0.25) is 0 Å². The second kappa shape index (κ2) is 8.35. The summed E-state index contributed by atoms with van der Waals surface area (Å²) < 4.78 is 7.17. The number of benzene rings is 2. The number of hydrogen-bond acceptors (Lipinski definition) is 5. The highest BCUT2D eigenvalue weighted by molar-refractivity contribution is 6.13. The van der Waals surface area contributed by atoms with Crippen molar-refractivity contribution in [3.63, 3.8) is 0 Å². The maximum atomic E-state index is 13.3. The first-order valence-electron chi connectivity index (χ1n) is 10.7. The first kappa shape index (κ1) is 20.6. The number of carbonyl (C=O) groups excluding carboxylic acids is 1. The maximum Gasteiger partial charge on any atom is 0.256 e. The van der Waals surface area contributed by atoms with Crippen molar-refractivity contribution >= 4 is 33.4 Å². The van der Waals surface area contributed by atoms with Crippen molar-refractivity contribution in [2.24, 2.45) is 0 Å². The largest absolute Gasteiger partial charge is 0.481 e. The van der Waals surface area contributed by atoms with Crippen molar-refractivity contribution in [3.05, 3.63) is 89.4 Å². The van der Waals surface area contributed by atoms with Gasteiger partial charge in [-0.15, -0.1) is 0 Å². The molecule has 7 heteroatoms. The van der Waals surface area contributed by atoms with Gasteiger partial charge in [-0.25, -0.2) is 4.98 Å². The zero-order chi connectivity index (χ0) is 22.9. The van der Waals surface area contributed by atoms with Crippen LogP contribution in [0.15, 0.2) is 66.7 Å².